The van der Waals surface area contributed by atoms with Gasteiger partial charge >= 0.3 is 75.1 Å². The first-order valence-corrected chi connectivity index (χ1v) is 4.42. The Hall–Kier alpha value is -0.682. The molecule has 0 spiro atoms. The molecule has 0 saturated carbocycles. The maximum absolute atomic E-state index is 2.53. The summed E-state index contributed by atoms with van der Waals surface area (Å²) in [6.07, 6.45) is 4.22. The molecule has 1 nitrogen and oxygen atoms in total. The van der Waals surface area contributed by atoms with Crippen LogP contribution in [0.4, 0.5) is 0 Å². The van der Waals surface area contributed by atoms with Crippen LogP contribution in [0.3, 0.4) is 0 Å². The first kappa shape index (κ1) is 6.99. The third kappa shape index (κ3) is 1.34. The van der Waals surface area contributed by atoms with Gasteiger partial charge in [-0.05, 0) is 0 Å². The summed E-state index contributed by atoms with van der Waals surface area (Å²) in [6.45, 7) is 1.01. The maximum atomic E-state index is 2.53. The average Bonchev–Trinajstić information content (AvgIpc) is 2.04. The van der Waals surface area contributed by atoms with Crippen molar-refractivity contribution in [1.82, 2.24) is 3.82 Å². The van der Waals surface area contributed by atoms with Crippen LogP contribution in [0.1, 0.15) is 11.1 Å². The molecular weight excluding hydrogens is 197 g/mol. The van der Waals surface area contributed by atoms with Crippen LogP contribution >= 0.6 is 0 Å². The first-order chi connectivity index (χ1) is 5.36. The van der Waals surface area contributed by atoms with E-state index in [2.05, 4.69) is 57.4 Å². The van der Waals surface area contributed by atoms with E-state index in [4.69, 9.17) is 0 Å². The summed E-state index contributed by atoms with van der Waals surface area (Å²) >= 11 is 2.53. The minimum atomic E-state index is 1.01. The number of fused-ring (bicyclic) bond motifs is 1. The van der Waals surface area contributed by atoms with E-state index < -0.39 is 0 Å². The molecule has 0 amide bonds. The van der Waals surface area contributed by atoms with Crippen molar-refractivity contribution in [1.29, 1.82) is 0 Å². The fourth-order valence-electron chi connectivity index (χ4n) is 1.23. The zero-order valence-corrected chi connectivity index (χ0v) is 7.94. The van der Waals surface area contributed by atoms with Crippen molar-refractivity contribution in [2.75, 3.05) is 0 Å². The zero-order valence-electron chi connectivity index (χ0n) is 6.07. The zero-order chi connectivity index (χ0) is 7.68. The Morgan fingerprint density at radius 2 is 2.09 bits per heavy atom. The van der Waals surface area contributed by atoms with Gasteiger partial charge in [-0.25, -0.2) is 0 Å². The number of nitrogens with zero attached hydrogens (tertiary/aromatic N) is 1. The second kappa shape index (κ2) is 2.75. The molecular formula is C9H8AsN. The molecule has 0 bridgehead atoms. The third-order valence-electron chi connectivity index (χ3n) is 1.81. The van der Waals surface area contributed by atoms with Crippen LogP contribution in [0.5, 0.6) is 0 Å². The van der Waals surface area contributed by atoms with Crippen LogP contribution in [0.15, 0.2) is 30.5 Å². The molecule has 1 aromatic rings. The summed E-state index contributed by atoms with van der Waals surface area (Å²) in [5, 5.41) is 0. The summed E-state index contributed by atoms with van der Waals surface area (Å²) in [4.78, 5) is 0. The van der Waals surface area contributed by atoms with E-state index in [-0.39, 0.29) is 0 Å². The van der Waals surface area contributed by atoms with Crippen LogP contribution in [0.2, 0.25) is 0 Å². The molecule has 1 aliphatic rings. The fraction of sp³-hybridized carbons (Fsp3) is 0.111. The van der Waals surface area contributed by atoms with Gasteiger partial charge in [-0.1, -0.05) is 0 Å². The molecule has 2 heteroatoms. The minimum absolute atomic E-state index is 1.01. The number of hydrogen-bond donors (Lipinski definition) is 0. The van der Waals surface area contributed by atoms with Gasteiger partial charge in [0.25, 0.3) is 0 Å². The van der Waals surface area contributed by atoms with Crippen LogP contribution in [0.25, 0.3) is 6.08 Å². The molecule has 0 unspecified atom stereocenters. The van der Waals surface area contributed by atoms with Crippen molar-refractivity contribution in [2.45, 2.75) is 6.54 Å². The Labute approximate surface area is 75.4 Å². The normalized spacial score (nSPS) is 14.8. The molecule has 0 atom stereocenters. The van der Waals surface area contributed by atoms with Crippen LogP contribution in [0, 0.1) is 0 Å². The van der Waals surface area contributed by atoms with Crippen molar-refractivity contribution >= 4 is 23.2 Å². The van der Waals surface area contributed by atoms with E-state index in [1.807, 2.05) is 0 Å². The van der Waals surface area contributed by atoms with Gasteiger partial charge in [0.05, 0.1) is 0 Å². The van der Waals surface area contributed by atoms with Gasteiger partial charge in [0.2, 0.25) is 0 Å². The van der Waals surface area contributed by atoms with Gasteiger partial charge in [-0.2, -0.15) is 0 Å². The third-order valence-corrected chi connectivity index (χ3v) is 2.39. The molecule has 0 saturated heterocycles. The second-order valence-electron chi connectivity index (χ2n) is 2.61. The van der Waals surface area contributed by atoms with Gasteiger partial charge in [0, 0.05) is 0 Å². The van der Waals surface area contributed by atoms with E-state index in [0.717, 1.165) is 6.54 Å². The van der Waals surface area contributed by atoms with Gasteiger partial charge in [0.1, 0.15) is 0 Å². The molecule has 1 aliphatic heterocycles. The molecule has 11 heavy (non-hydrogen) atoms. The van der Waals surface area contributed by atoms with Crippen LogP contribution < -0.4 is 0 Å². The summed E-state index contributed by atoms with van der Waals surface area (Å²) < 4.78 is 2.12. The van der Waals surface area contributed by atoms with Crippen LogP contribution in [-0.2, 0) is 6.54 Å². The number of rotatable bonds is 0. The van der Waals surface area contributed by atoms with Crippen LogP contribution in [-0.4, -0.2) is 20.9 Å². The monoisotopic (exact) mass is 205 g/mol. The topological polar surface area (TPSA) is 3.24 Å². The Morgan fingerprint density at radius 3 is 3.00 bits per heavy atom. The van der Waals surface area contributed by atoms with Gasteiger partial charge in [-0.3, -0.25) is 0 Å². The molecule has 0 N–H and O–H groups in total. The van der Waals surface area contributed by atoms with E-state index in [0.29, 0.717) is 0 Å². The molecule has 1 aromatic carbocycles. The van der Waals surface area contributed by atoms with Crippen molar-refractivity contribution in [3.8, 4) is 0 Å². The quantitative estimate of drug-likeness (QED) is 0.581. The molecule has 0 aromatic heterocycles. The molecule has 2 rings (SSSR count). The Kier molecular flexibility index (Phi) is 1.75. The fourth-order valence-corrected chi connectivity index (χ4v) is 1.69. The van der Waals surface area contributed by atoms with Crippen molar-refractivity contribution in [2.24, 2.45) is 0 Å². The Bertz CT molecular complexity index is 293. The van der Waals surface area contributed by atoms with Crippen molar-refractivity contribution in [3.63, 3.8) is 0 Å². The Morgan fingerprint density at radius 1 is 1.27 bits per heavy atom. The van der Waals surface area contributed by atoms with E-state index in [1.54, 1.807) is 0 Å². The first-order valence-electron chi connectivity index (χ1n) is 3.58. The predicted octanol–water partition coefficient (Wildman–Crippen LogP) is 1.56. The van der Waals surface area contributed by atoms with Gasteiger partial charge in [-0.15, -0.1) is 0 Å². The number of hydrogen-bond acceptors (Lipinski definition) is 1. The summed E-state index contributed by atoms with van der Waals surface area (Å²) in [6, 6.07) is 8.47. The molecule has 54 valence electrons. The van der Waals surface area contributed by atoms with Gasteiger partial charge < -0.3 is 0 Å². The Balaban J connectivity index is 2.46. The summed E-state index contributed by atoms with van der Waals surface area (Å²) in [5.74, 6) is 0. The molecule has 0 fully saturated rings. The van der Waals surface area contributed by atoms with Crippen molar-refractivity contribution in [3.05, 3.63) is 41.6 Å². The van der Waals surface area contributed by atoms with E-state index in [1.165, 1.54) is 11.1 Å². The second-order valence-corrected chi connectivity index (χ2v) is 3.69. The van der Waals surface area contributed by atoms with E-state index in [9.17, 15) is 0 Å². The summed E-state index contributed by atoms with van der Waals surface area (Å²) in [7, 11) is 0. The SMILES string of the molecule is [As]N1C=Cc2ccccc2C1. The predicted molar refractivity (Wildman–Crippen MR) is 46.8 cm³/mol. The van der Waals surface area contributed by atoms with Gasteiger partial charge in [0.15, 0.2) is 0 Å². The standard InChI is InChI=1S/C9H8AsN/c10-11-6-5-8-3-1-2-4-9(8)7-11/h1-6H,7H2. The van der Waals surface area contributed by atoms with Crippen molar-refractivity contribution < 1.29 is 0 Å². The van der Waals surface area contributed by atoms with E-state index >= 15 is 0 Å². The molecule has 2 radical (unpaired) electrons. The average molecular weight is 205 g/mol. The molecule has 0 aliphatic carbocycles. The number of benzene rings is 1. The summed E-state index contributed by atoms with van der Waals surface area (Å²) in [5.41, 5.74) is 2.74. The molecule has 1 heterocycles.